The summed E-state index contributed by atoms with van der Waals surface area (Å²) < 4.78 is 0. The van der Waals surface area contributed by atoms with E-state index in [-0.39, 0.29) is 0 Å². The van der Waals surface area contributed by atoms with E-state index in [1.165, 1.54) is 11.3 Å². The first-order valence-electron chi connectivity index (χ1n) is 2.79. The predicted octanol–water partition coefficient (Wildman–Crippen LogP) is 1.34. The molecule has 1 heterocycles. The molecule has 0 bridgehead atoms. The van der Waals surface area contributed by atoms with E-state index in [1.54, 1.807) is 0 Å². The quantitative estimate of drug-likeness (QED) is 0.643. The molecule has 1 aromatic heterocycles. The Morgan fingerprint density at radius 3 is 2.40 bits per heavy atom. The molecule has 0 fully saturated rings. The first-order valence-corrected chi connectivity index (χ1v) is 3.60. The molecule has 3 nitrogen and oxygen atoms in total. The average Bonchev–Trinajstić information content (AvgIpc) is 2.10. The average molecular weight is 155 g/mol. The molecule has 0 aromatic carbocycles. The van der Waals surface area contributed by atoms with Gasteiger partial charge < -0.3 is 11.5 Å². The molecular formula is C6H9N3S. The Morgan fingerprint density at radius 1 is 1.60 bits per heavy atom. The monoisotopic (exact) mass is 155 g/mol. The molecule has 0 radical (unpaired) electrons. The Balaban J connectivity index is 3.15. The molecule has 0 aliphatic heterocycles. The van der Waals surface area contributed by atoms with Crippen molar-refractivity contribution in [1.29, 1.82) is 0 Å². The molecule has 0 unspecified atom stereocenters. The standard InChI is InChI=1S/C6H9N3S/c1-3(2)4-5(7)9-6(8)10-4/h1,7H2,2H3,(H2,8,9). The van der Waals surface area contributed by atoms with Crippen molar-refractivity contribution in [1.82, 2.24) is 4.98 Å². The fraction of sp³-hybridized carbons (Fsp3) is 0.167. The van der Waals surface area contributed by atoms with Crippen LogP contribution in [0.4, 0.5) is 10.9 Å². The maximum absolute atomic E-state index is 5.50. The highest BCUT2D eigenvalue weighted by atomic mass is 32.1. The second-order valence-electron chi connectivity index (χ2n) is 2.05. The van der Waals surface area contributed by atoms with Gasteiger partial charge in [0, 0.05) is 0 Å². The summed E-state index contributed by atoms with van der Waals surface area (Å²) in [5.74, 6) is 0.481. The lowest BCUT2D eigenvalue weighted by atomic mass is 10.3. The Kier molecular flexibility index (Phi) is 1.63. The molecule has 1 aromatic rings. The normalized spacial score (nSPS) is 9.70. The van der Waals surface area contributed by atoms with Gasteiger partial charge in [0.05, 0.1) is 4.88 Å². The van der Waals surface area contributed by atoms with Gasteiger partial charge in [0.2, 0.25) is 0 Å². The van der Waals surface area contributed by atoms with Crippen molar-refractivity contribution in [3.63, 3.8) is 0 Å². The number of rotatable bonds is 1. The number of allylic oxidation sites excluding steroid dienone is 1. The molecule has 0 atom stereocenters. The Bertz CT molecular complexity index is 264. The van der Waals surface area contributed by atoms with Crippen molar-refractivity contribution in [3.05, 3.63) is 11.5 Å². The maximum Gasteiger partial charge on any atom is 0.182 e. The summed E-state index contributed by atoms with van der Waals surface area (Å²) in [5.41, 5.74) is 11.8. The summed E-state index contributed by atoms with van der Waals surface area (Å²) in [7, 11) is 0. The number of nitrogens with two attached hydrogens (primary N) is 2. The van der Waals surface area contributed by atoms with Crippen LogP contribution < -0.4 is 11.5 Å². The van der Waals surface area contributed by atoms with Gasteiger partial charge in [-0.25, -0.2) is 4.98 Å². The van der Waals surface area contributed by atoms with Crippen molar-refractivity contribution in [2.24, 2.45) is 0 Å². The van der Waals surface area contributed by atoms with E-state index in [4.69, 9.17) is 11.5 Å². The van der Waals surface area contributed by atoms with E-state index >= 15 is 0 Å². The van der Waals surface area contributed by atoms with Crippen LogP contribution in [0, 0.1) is 0 Å². The van der Waals surface area contributed by atoms with Crippen LogP contribution in [0.3, 0.4) is 0 Å². The molecule has 4 N–H and O–H groups in total. The molecule has 10 heavy (non-hydrogen) atoms. The Morgan fingerprint density at radius 2 is 2.20 bits per heavy atom. The number of anilines is 2. The zero-order valence-electron chi connectivity index (χ0n) is 5.72. The SMILES string of the molecule is C=C(C)c1sc(N)nc1N. The van der Waals surface area contributed by atoms with Gasteiger partial charge >= 0.3 is 0 Å². The van der Waals surface area contributed by atoms with Crippen LogP contribution in [0.5, 0.6) is 0 Å². The number of thiazole rings is 1. The predicted molar refractivity (Wildman–Crippen MR) is 45.6 cm³/mol. The third kappa shape index (κ3) is 1.11. The molecule has 0 aliphatic rings. The van der Waals surface area contributed by atoms with E-state index in [9.17, 15) is 0 Å². The summed E-state index contributed by atoms with van der Waals surface area (Å²) >= 11 is 1.36. The minimum absolute atomic E-state index is 0.481. The molecule has 54 valence electrons. The van der Waals surface area contributed by atoms with Crippen molar-refractivity contribution in [2.45, 2.75) is 6.92 Å². The summed E-state index contributed by atoms with van der Waals surface area (Å²) in [5, 5.41) is 0.496. The van der Waals surface area contributed by atoms with E-state index in [2.05, 4.69) is 11.6 Å². The summed E-state index contributed by atoms with van der Waals surface area (Å²) in [6.45, 7) is 5.61. The van der Waals surface area contributed by atoms with Gasteiger partial charge in [-0.3, -0.25) is 0 Å². The summed E-state index contributed by atoms with van der Waals surface area (Å²) in [6.07, 6.45) is 0. The molecule has 0 saturated carbocycles. The van der Waals surface area contributed by atoms with Crippen LogP contribution in [-0.2, 0) is 0 Å². The van der Waals surface area contributed by atoms with Crippen LogP contribution in [0.25, 0.3) is 5.57 Å². The fourth-order valence-corrected chi connectivity index (χ4v) is 1.33. The minimum atomic E-state index is 0.481. The van der Waals surface area contributed by atoms with Gasteiger partial charge in [0.15, 0.2) is 5.13 Å². The van der Waals surface area contributed by atoms with Crippen LogP contribution in [-0.4, -0.2) is 4.98 Å². The van der Waals surface area contributed by atoms with Crippen molar-refractivity contribution in [3.8, 4) is 0 Å². The lowest BCUT2D eigenvalue weighted by Gasteiger charge is -1.91. The smallest absolute Gasteiger partial charge is 0.182 e. The first kappa shape index (κ1) is 7.08. The molecule has 0 aliphatic carbocycles. The van der Waals surface area contributed by atoms with Gasteiger partial charge in [0.1, 0.15) is 5.82 Å². The summed E-state index contributed by atoms with van der Waals surface area (Å²) in [4.78, 5) is 4.73. The maximum atomic E-state index is 5.50. The largest absolute Gasteiger partial charge is 0.382 e. The van der Waals surface area contributed by atoms with E-state index in [0.29, 0.717) is 10.9 Å². The lowest BCUT2D eigenvalue weighted by Crippen LogP contribution is -1.88. The van der Waals surface area contributed by atoms with Gasteiger partial charge in [-0.05, 0) is 12.5 Å². The zero-order valence-corrected chi connectivity index (χ0v) is 6.53. The highest BCUT2D eigenvalue weighted by Crippen LogP contribution is 2.27. The van der Waals surface area contributed by atoms with Gasteiger partial charge in [-0.15, -0.1) is 0 Å². The molecular weight excluding hydrogens is 146 g/mol. The molecule has 0 saturated heterocycles. The number of hydrogen-bond donors (Lipinski definition) is 2. The van der Waals surface area contributed by atoms with E-state index in [0.717, 1.165) is 10.5 Å². The van der Waals surface area contributed by atoms with E-state index in [1.807, 2.05) is 6.92 Å². The van der Waals surface area contributed by atoms with Crippen molar-refractivity contribution < 1.29 is 0 Å². The number of nitrogen functional groups attached to an aromatic ring is 2. The first-order chi connectivity index (χ1) is 4.61. The second kappa shape index (κ2) is 2.30. The van der Waals surface area contributed by atoms with Crippen LogP contribution in [0.1, 0.15) is 11.8 Å². The van der Waals surface area contributed by atoms with Crippen LogP contribution in [0.2, 0.25) is 0 Å². The number of hydrogen-bond acceptors (Lipinski definition) is 4. The Hall–Kier alpha value is -1.03. The highest BCUT2D eigenvalue weighted by Gasteiger charge is 2.04. The number of aromatic nitrogens is 1. The third-order valence-corrected chi connectivity index (χ3v) is 2.12. The highest BCUT2D eigenvalue weighted by molar-refractivity contribution is 7.16. The second-order valence-corrected chi connectivity index (χ2v) is 3.08. The Labute approximate surface area is 63.4 Å². The molecule has 0 spiro atoms. The minimum Gasteiger partial charge on any atom is -0.382 e. The van der Waals surface area contributed by atoms with Gasteiger partial charge in [0.25, 0.3) is 0 Å². The van der Waals surface area contributed by atoms with Crippen LogP contribution >= 0.6 is 11.3 Å². The third-order valence-electron chi connectivity index (χ3n) is 1.06. The molecule has 1 rings (SSSR count). The lowest BCUT2D eigenvalue weighted by molar-refractivity contribution is 1.42. The topological polar surface area (TPSA) is 64.9 Å². The molecule has 0 amide bonds. The van der Waals surface area contributed by atoms with Crippen LogP contribution in [0.15, 0.2) is 6.58 Å². The van der Waals surface area contributed by atoms with Gasteiger partial charge in [-0.1, -0.05) is 17.9 Å². The molecule has 4 heteroatoms. The van der Waals surface area contributed by atoms with E-state index < -0.39 is 0 Å². The zero-order chi connectivity index (χ0) is 7.72. The van der Waals surface area contributed by atoms with Gasteiger partial charge in [-0.2, -0.15) is 0 Å². The van der Waals surface area contributed by atoms with Crippen molar-refractivity contribution in [2.75, 3.05) is 11.5 Å². The van der Waals surface area contributed by atoms with Crippen molar-refractivity contribution >= 4 is 27.9 Å². The number of nitrogens with zero attached hydrogens (tertiary/aromatic N) is 1. The fourth-order valence-electron chi connectivity index (χ4n) is 0.655. The summed E-state index contributed by atoms with van der Waals surface area (Å²) in [6, 6.07) is 0.